The van der Waals surface area contributed by atoms with Gasteiger partial charge in [0.25, 0.3) is 0 Å². The molecule has 2 rings (SSSR count). The first-order chi connectivity index (χ1) is 6.81. The van der Waals surface area contributed by atoms with Gasteiger partial charge in [0.15, 0.2) is 0 Å². The second kappa shape index (κ2) is 4.18. The van der Waals surface area contributed by atoms with Gasteiger partial charge in [0.1, 0.15) is 5.82 Å². The number of benzene rings is 1. The zero-order chi connectivity index (χ0) is 9.97. The van der Waals surface area contributed by atoms with Gasteiger partial charge in [0, 0.05) is 0 Å². The summed E-state index contributed by atoms with van der Waals surface area (Å²) in [6.45, 7) is 0. The second-order valence-corrected chi connectivity index (χ2v) is 4.01. The minimum atomic E-state index is -0.137. The van der Waals surface area contributed by atoms with Gasteiger partial charge in [0.2, 0.25) is 0 Å². The Morgan fingerprint density at radius 2 is 2.21 bits per heavy atom. The predicted molar refractivity (Wildman–Crippen MR) is 61.2 cm³/mol. The average Bonchev–Trinajstić information content (AvgIpc) is 2.57. The van der Waals surface area contributed by atoms with Gasteiger partial charge in [-0.05, 0) is 53.8 Å². The summed E-state index contributed by atoms with van der Waals surface area (Å²) in [5.41, 5.74) is 3.64. The van der Waals surface area contributed by atoms with Crippen molar-refractivity contribution in [3.05, 3.63) is 41.2 Å². The van der Waals surface area contributed by atoms with Crippen LogP contribution in [0.25, 0.3) is 5.57 Å². The van der Waals surface area contributed by atoms with Crippen molar-refractivity contribution in [2.45, 2.75) is 19.3 Å². The van der Waals surface area contributed by atoms with Crippen LogP contribution in [0, 0.1) is 5.82 Å². The standard InChI is InChI=1S/C12H13FS/c13-11-6-5-10-4-3-9(2-1-7-14)12(10)8-11/h3,5-6,8,14H,1-2,4,7H2. The topological polar surface area (TPSA) is 0 Å². The van der Waals surface area contributed by atoms with Crippen LogP contribution in [0.5, 0.6) is 0 Å². The minimum Gasteiger partial charge on any atom is -0.207 e. The van der Waals surface area contributed by atoms with E-state index >= 15 is 0 Å². The third-order valence-electron chi connectivity index (χ3n) is 2.59. The van der Waals surface area contributed by atoms with Crippen LogP contribution in [0.15, 0.2) is 24.3 Å². The monoisotopic (exact) mass is 208 g/mol. The first-order valence-corrected chi connectivity index (χ1v) is 5.53. The summed E-state index contributed by atoms with van der Waals surface area (Å²) in [5, 5.41) is 0. The molecule has 0 aromatic heterocycles. The van der Waals surface area contributed by atoms with Crippen LogP contribution >= 0.6 is 12.6 Å². The molecule has 0 unspecified atom stereocenters. The van der Waals surface area contributed by atoms with Gasteiger partial charge in [0.05, 0.1) is 0 Å². The fourth-order valence-electron chi connectivity index (χ4n) is 1.87. The van der Waals surface area contributed by atoms with Crippen LogP contribution in [0.1, 0.15) is 24.0 Å². The van der Waals surface area contributed by atoms with E-state index in [-0.39, 0.29) is 5.82 Å². The van der Waals surface area contributed by atoms with Gasteiger partial charge in [-0.2, -0.15) is 12.6 Å². The summed E-state index contributed by atoms with van der Waals surface area (Å²) in [4.78, 5) is 0. The largest absolute Gasteiger partial charge is 0.207 e. The Labute approximate surface area is 89.2 Å². The van der Waals surface area contributed by atoms with Crippen molar-refractivity contribution >= 4 is 18.2 Å². The van der Waals surface area contributed by atoms with E-state index in [4.69, 9.17) is 0 Å². The van der Waals surface area contributed by atoms with Crippen molar-refractivity contribution < 1.29 is 4.39 Å². The third kappa shape index (κ3) is 1.85. The second-order valence-electron chi connectivity index (χ2n) is 3.56. The Kier molecular flexibility index (Phi) is 2.92. The van der Waals surface area contributed by atoms with E-state index in [2.05, 4.69) is 18.7 Å². The Bertz CT molecular complexity index is 369. The van der Waals surface area contributed by atoms with E-state index in [1.165, 1.54) is 17.2 Å². The molecule has 1 aromatic rings. The Morgan fingerprint density at radius 3 is 3.00 bits per heavy atom. The van der Waals surface area contributed by atoms with Crippen LogP contribution in [-0.2, 0) is 6.42 Å². The average molecular weight is 208 g/mol. The number of thiol groups is 1. The molecule has 0 amide bonds. The fourth-order valence-corrected chi connectivity index (χ4v) is 2.03. The molecular formula is C12H13FS. The van der Waals surface area contributed by atoms with Gasteiger partial charge in [-0.1, -0.05) is 12.1 Å². The molecule has 0 aliphatic heterocycles. The number of rotatable bonds is 3. The maximum Gasteiger partial charge on any atom is 0.123 e. The van der Waals surface area contributed by atoms with Gasteiger partial charge < -0.3 is 0 Å². The molecule has 74 valence electrons. The van der Waals surface area contributed by atoms with Gasteiger partial charge in [-0.3, -0.25) is 0 Å². The first kappa shape index (κ1) is 9.78. The normalized spacial score (nSPS) is 14.0. The summed E-state index contributed by atoms with van der Waals surface area (Å²) < 4.78 is 13.0. The van der Waals surface area contributed by atoms with Crippen molar-refractivity contribution in [2.75, 3.05) is 5.75 Å². The molecule has 0 saturated carbocycles. The maximum absolute atomic E-state index is 13.0. The highest BCUT2D eigenvalue weighted by Gasteiger charge is 2.13. The summed E-state index contributed by atoms with van der Waals surface area (Å²) in [5.74, 6) is 0.754. The Balaban J connectivity index is 2.22. The van der Waals surface area contributed by atoms with E-state index in [1.807, 2.05) is 6.07 Å². The zero-order valence-corrected chi connectivity index (χ0v) is 8.86. The summed E-state index contributed by atoms with van der Waals surface area (Å²) in [7, 11) is 0. The molecule has 0 heterocycles. The third-order valence-corrected chi connectivity index (χ3v) is 2.91. The lowest BCUT2D eigenvalue weighted by atomic mass is 10.0. The molecule has 1 aliphatic carbocycles. The van der Waals surface area contributed by atoms with Crippen molar-refractivity contribution in [1.82, 2.24) is 0 Å². The molecule has 0 saturated heterocycles. The van der Waals surface area contributed by atoms with Crippen molar-refractivity contribution in [3.63, 3.8) is 0 Å². The summed E-state index contributed by atoms with van der Waals surface area (Å²) in [6, 6.07) is 5.07. The minimum absolute atomic E-state index is 0.137. The molecule has 0 nitrogen and oxygen atoms in total. The zero-order valence-electron chi connectivity index (χ0n) is 7.96. The highest BCUT2D eigenvalue weighted by atomic mass is 32.1. The molecule has 2 heteroatoms. The van der Waals surface area contributed by atoms with E-state index in [0.717, 1.165) is 30.6 Å². The van der Waals surface area contributed by atoms with E-state index in [0.29, 0.717) is 0 Å². The lowest BCUT2D eigenvalue weighted by Crippen LogP contribution is -1.87. The van der Waals surface area contributed by atoms with Crippen molar-refractivity contribution in [3.8, 4) is 0 Å². The molecule has 0 N–H and O–H groups in total. The molecule has 0 atom stereocenters. The fraction of sp³-hybridized carbons (Fsp3) is 0.333. The molecule has 0 bridgehead atoms. The molecule has 0 radical (unpaired) electrons. The van der Waals surface area contributed by atoms with E-state index in [1.54, 1.807) is 6.07 Å². The number of allylic oxidation sites excluding steroid dienone is 2. The van der Waals surface area contributed by atoms with Gasteiger partial charge in [-0.25, -0.2) is 4.39 Å². The molecule has 0 spiro atoms. The highest BCUT2D eigenvalue weighted by Crippen LogP contribution is 2.31. The van der Waals surface area contributed by atoms with Crippen LogP contribution in [0.4, 0.5) is 4.39 Å². The lowest BCUT2D eigenvalue weighted by molar-refractivity contribution is 0.627. The first-order valence-electron chi connectivity index (χ1n) is 4.90. The Morgan fingerprint density at radius 1 is 1.36 bits per heavy atom. The number of hydrogen-bond donors (Lipinski definition) is 1. The maximum atomic E-state index is 13.0. The smallest absolute Gasteiger partial charge is 0.123 e. The molecule has 14 heavy (non-hydrogen) atoms. The summed E-state index contributed by atoms with van der Waals surface area (Å²) in [6.07, 6.45) is 5.23. The number of halogens is 1. The lowest BCUT2D eigenvalue weighted by Gasteiger charge is -2.04. The van der Waals surface area contributed by atoms with Crippen LogP contribution in [0.2, 0.25) is 0 Å². The van der Waals surface area contributed by atoms with Crippen molar-refractivity contribution in [1.29, 1.82) is 0 Å². The predicted octanol–water partition coefficient (Wildman–Crippen LogP) is 3.48. The van der Waals surface area contributed by atoms with Crippen molar-refractivity contribution in [2.24, 2.45) is 0 Å². The number of fused-ring (bicyclic) bond motifs is 1. The molecular weight excluding hydrogens is 195 g/mol. The van der Waals surface area contributed by atoms with Gasteiger partial charge in [-0.15, -0.1) is 0 Å². The van der Waals surface area contributed by atoms with Gasteiger partial charge >= 0.3 is 0 Å². The highest BCUT2D eigenvalue weighted by molar-refractivity contribution is 7.80. The number of hydrogen-bond acceptors (Lipinski definition) is 1. The van der Waals surface area contributed by atoms with Crippen LogP contribution in [0.3, 0.4) is 0 Å². The van der Waals surface area contributed by atoms with Crippen LogP contribution < -0.4 is 0 Å². The quantitative estimate of drug-likeness (QED) is 0.722. The SMILES string of the molecule is Fc1ccc2c(c1)C(CCCS)=CC2. The summed E-state index contributed by atoms with van der Waals surface area (Å²) >= 11 is 4.18. The molecule has 1 aliphatic rings. The van der Waals surface area contributed by atoms with E-state index in [9.17, 15) is 4.39 Å². The molecule has 1 aromatic carbocycles. The van der Waals surface area contributed by atoms with Crippen LogP contribution in [-0.4, -0.2) is 5.75 Å². The Hall–Kier alpha value is -0.760. The van der Waals surface area contributed by atoms with E-state index < -0.39 is 0 Å². The molecule has 0 fully saturated rings.